The van der Waals surface area contributed by atoms with Crippen molar-refractivity contribution in [1.29, 1.82) is 0 Å². The van der Waals surface area contributed by atoms with Crippen LogP contribution in [0.1, 0.15) is 30.7 Å². The van der Waals surface area contributed by atoms with Gasteiger partial charge in [0, 0.05) is 17.1 Å². The monoisotopic (exact) mass is 435 g/mol. The van der Waals surface area contributed by atoms with Crippen LogP contribution in [0.15, 0.2) is 27.8 Å². The Morgan fingerprint density at radius 1 is 1.34 bits per heavy atom. The van der Waals surface area contributed by atoms with Crippen molar-refractivity contribution in [3.05, 3.63) is 22.4 Å². The van der Waals surface area contributed by atoms with Gasteiger partial charge in [0.25, 0.3) is 0 Å². The number of aromatic nitrogens is 5. The molecule has 29 heavy (non-hydrogen) atoms. The number of hydrogen-bond acceptors (Lipinski definition) is 11. The maximum absolute atomic E-state index is 10.3. The van der Waals surface area contributed by atoms with Gasteiger partial charge in [-0.1, -0.05) is 30.0 Å². The molecule has 1 saturated carbocycles. The first-order valence-electron chi connectivity index (χ1n) is 9.21. The average molecular weight is 436 g/mol. The normalized spacial score (nSPS) is 24.7. The smallest absolute Gasteiger partial charge is 0.191 e. The largest absolute Gasteiger partial charge is 0.390 e. The molecule has 10 nitrogen and oxygen atoms in total. The van der Waals surface area contributed by atoms with Gasteiger partial charge in [0.15, 0.2) is 22.1 Å². The van der Waals surface area contributed by atoms with Gasteiger partial charge >= 0.3 is 0 Å². The second kappa shape index (κ2) is 8.71. The van der Waals surface area contributed by atoms with E-state index in [0.717, 1.165) is 17.1 Å². The van der Waals surface area contributed by atoms with E-state index in [1.54, 1.807) is 17.6 Å². The van der Waals surface area contributed by atoms with Crippen molar-refractivity contribution in [3.63, 3.8) is 0 Å². The summed E-state index contributed by atoms with van der Waals surface area (Å²) in [7, 11) is 0. The van der Waals surface area contributed by atoms with Gasteiger partial charge in [0.05, 0.1) is 18.4 Å². The molecule has 0 aromatic carbocycles. The SMILES string of the molecule is CCCSc1nc(N/N=C/c2cccs2)c2nnn([C@@H]3C[C@H](O)[C@@H](O)[C@H]3O)c2n1. The maximum atomic E-state index is 10.3. The molecule has 0 unspecified atom stereocenters. The van der Waals surface area contributed by atoms with Crippen LogP contribution in [0.5, 0.6) is 0 Å². The average Bonchev–Trinajstić information content (AvgIpc) is 3.43. The summed E-state index contributed by atoms with van der Waals surface area (Å²) in [5, 5.41) is 45.1. The Kier molecular flexibility index (Phi) is 6.06. The molecular formula is C17H21N7O3S2. The minimum Gasteiger partial charge on any atom is -0.390 e. The molecule has 3 aromatic heterocycles. The number of aliphatic hydroxyl groups is 3. The van der Waals surface area contributed by atoms with Crippen LogP contribution in [0.25, 0.3) is 11.2 Å². The number of rotatable bonds is 7. The number of aliphatic hydroxyl groups excluding tert-OH is 3. The summed E-state index contributed by atoms with van der Waals surface area (Å²) in [4.78, 5) is 10.0. The lowest BCUT2D eigenvalue weighted by molar-refractivity contribution is -0.0253. The van der Waals surface area contributed by atoms with Gasteiger partial charge in [-0.3, -0.25) is 5.43 Å². The highest BCUT2D eigenvalue weighted by Crippen LogP contribution is 2.33. The van der Waals surface area contributed by atoms with Crippen LogP contribution in [-0.4, -0.2) is 70.6 Å². The molecule has 4 rings (SSSR count). The fourth-order valence-electron chi connectivity index (χ4n) is 3.12. The summed E-state index contributed by atoms with van der Waals surface area (Å²) in [5.74, 6) is 1.25. The van der Waals surface area contributed by atoms with Crippen molar-refractivity contribution < 1.29 is 15.3 Å². The third-order valence-corrected chi connectivity index (χ3v) is 6.44. The fourth-order valence-corrected chi connectivity index (χ4v) is 4.40. The zero-order valence-electron chi connectivity index (χ0n) is 15.6. The highest BCUT2D eigenvalue weighted by atomic mass is 32.2. The summed E-state index contributed by atoms with van der Waals surface area (Å²) >= 11 is 3.06. The number of fused-ring (bicyclic) bond motifs is 1. The summed E-state index contributed by atoms with van der Waals surface area (Å²) in [5.41, 5.74) is 3.72. The summed E-state index contributed by atoms with van der Waals surface area (Å²) in [6, 6.07) is 3.25. The second-order valence-electron chi connectivity index (χ2n) is 6.65. The number of hydrazone groups is 1. The van der Waals surface area contributed by atoms with Crippen LogP contribution >= 0.6 is 23.1 Å². The second-order valence-corrected chi connectivity index (χ2v) is 8.69. The van der Waals surface area contributed by atoms with Crippen LogP contribution in [0, 0.1) is 0 Å². The van der Waals surface area contributed by atoms with Crippen LogP contribution < -0.4 is 5.43 Å². The van der Waals surface area contributed by atoms with E-state index in [1.807, 2.05) is 17.5 Å². The van der Waals surface area contributed by atoms with Crippen molar-refractivity contribution in [2.24, 2.45) is 5.10 Å². The van der Waals surface area contributed by atoms with Crippen LogP contribution in [0.4, 0.5) is 5.82 Å². The molecular weight excluding hydrogens is 414 g/mol. The quantitative estimate of drug-likeness (QED) is 0.187. The molecule has 3 aromatic rings. The van der Waals surface area contributed by atoms with E-state index in [9.17, 15) is 15.3 Å². The number of anilines is 1. The lowest BCUT2D eigenvalue weighted by Crippen LogP contribution is -2.31. The first-order valence-corrected chi connectivity index (χ1v) is 11.1. The standard InChI is InChI=1S/C17H21N7O3S2/c1-2-5-29-17-19-15(22-18-8-9-4-3-6-28-9)12-16(20-17)24(23-21-12)10-7-11(25)14(27)13(10)26/h3-4,6,8,10-11,13-14,25-27H,2,5,7H2,1H3,(H,19,20,22)/b18-8+/t10-,11+,13+,14-/m1/s1. The number of thioether (sulfide) groups is 1. The highest BCUT2D eigenvalue weighted by Gasteiger charge is 2.43. The zero-order valence-corrected chi connectivity index (χ0v) is 17.2. The maximum Gasteiger partial charge on any atom is 0.191 e. The predicted molar refractivity (Wildman–Crippen MR) is 111 cm³/mol. The van der Waals surface area contributed by atoms with Crippen LogP contribution in [-0.2, 0) is 0 Å². The van der Waals surface area contributed by atoms with E-state index in [4.69, 9.17) is 0 Å². The van der Waals surface area contributed by atoms with Crippen molar-refractivity contribution in [2.75, 3.05) is 11.2 Å². The van der Waals surface area contributed by atoms with E-state index < -0.39 is 24.4 Å². The fraction of sp³-hybridized carbons (Fsp3) is 0.471. The van der Waals surface area contributed by atoms with Gasteiger partial charge in [-0.2, -0.15) is 5.10 Å². The number of nitrogens with zero attached hydrogens (tertiary/aromatic N) is 6. The Morgan fingerprint density at radius 2 is 2.21 bits per heavy atom. The lowest BCUT2D eigenvalue weighted by Gasteiger charge is -2.16. The number of thiophene rings is 1. The minimum absolute atomic E-state index is 0.154. The molecule has 0 saturated heterocycles. The van der Waals surface area contributed by atoms with Crippen molar-refractivity contribution in [3.8, 4) is 0 Å². The molecule has 1 aliphatic rings. The van der Waals surface area contributed by atoms with Gasteiger partial charge in [-0.15, -0.1) is 16.4 Å². The first kappa shape index (κ1) is 20.2. The molecule has 0 aliphatic heterocycles. The van der Waals surface area contributed by atoms with Gasteiger partial charge in [0.1, 0.15) is 12.2 Å². The summed E-state index contributed by atoms with van der Waals surface area (Å²) in [6.07, 6.45) is -0.620. The number of hydrogen-bond donors (Lipinski definition) is 4. The molecule has 4 N–H and O–H groups in total. The molecule has 0 radical (unpaired) electrons. The topological polar surface area (TPSA) is 142 Å². The highest BCUT2D eigenvalue weighted by molar-refractivity contribution is 7.99. The third kappa shape index (κ3) is 4.12. The predicted octanol–water partition coefficient (Wildman–Crippen LogP) is 1.26. The van der Waals surface area contributed by atoms with Crippen molar-refractivity contribution >= 4 is 46.3 Å². The zero-order chi connectivity index (χ0) is 20.4. The molecule has 154 valence electrons. The van der Waals surface area contributed by atoms with Crippen LogP contribution in [0.2, 0.25) is 0 Å². The molecule has 3 heterocycles. The summed E-state index contributed by atoms with van der Waals surface area (Å²) in [6.45, 7) is 2.07. The molecule has 0 amide bonds. The Labute approximate surface area is 174 Å². The Hall–Kier alpha value is -2.12. The van der Waals surface area contributed by atoms with Crippen LogP contribution in [0.3, 0.4) is 0 Å². The lowest BCUT2D eigenvalue weighted by atomic mass is 10.2. The van der Waals surface area contributed by atoms with E-state index in [-0.39, 0.29) is 6.42 Å². The molecule has 12 heteroatoms. The van der Waals surface area contributed by atoms with E-state index in [2.05, 4.69) is 37.7 Å². The Balaban J connectivity index is 1.70. The van der Waals surface area contributed by atoms with E-state index in [0.29, 0.717) is 22.1 Å². The first-order chi connectivity index (χ1) is 14.1. The molecule has 1 aliphatic carbocycles. The van der Waals surface area contributed by atoms with Gasteiger partial charge in [-0.25, -0.2) is 14.6 Å². The molecule has 0 bridgehead atoms. The number of nitrogens with one attached hydrogen (secondary N) is 1. The molecule has 1 fully saturated rings. The minimum atomic E-state index is -1.23. The Bertz CT molecular complexity index is 994. The third-order valence-electron chi connectivity index (χ3n) is 4.58. The van der Waals surface area contributed by atoms with Crippen molar-refractivity contribution in [1.82, 2.24) is 25.0 Å². The Morgan fingerprint density at radius 3 is 2.90 bits per heavy atom. The van der Waals surface area contributed by atoms with Gasteiger partial charge in [0.2, 0.25) is 0 Å². The summed E-state index contributed by atoms with van der Waals surface area (Å²) < 4.78 is 1.45. The van der Waals surface area contributed by atoms with E-state index >= 15 is 0 Å². The van der Waals surface area contributed by atoms with E-state index in [1.165, 1.54) is 16.4 Å². The van der Waals surface area contributed by atoms with Crippen molar-refractivity contribution in [2.45, 2.75) is 49.3 Å². The molecule has 0 spiro atoms. The molecule has 4 atom stereocenters. The van der Waals surface area contributed by atoms with Gasteiger partial charge < -0.3 is 15.3 Å². The van der Waals surface area contributed by atoms with Gasteiger partial charge in [-0.05, 0) is 17.9 Å².